The fourth-order valence-electron chi connectivity index (χ4n) is 1.83. The number of hydrogen-bond donors (Lipinski definition) is 0. The summed E-state index contributed by atoms with van der Waals surface area (Å²) in [6.45, 7) is 2.51. The molecule has 0 N–H and O–H groups in total. The third-order valence-electron chi connectivity index (χ3n) is 3.02. The van der Waals surface area contributed by atoms with Gasteiger partial charge in [-0.05, 0) is 19.1 Å². The Labute approximate surface area is 115 Å². The van der Waals surface area contributed by atoms with Crippen molar-refractivity contribution in [3.05, 3.63) is 30.1 Å². The Kier molecular flexibility index (Phi) is 3.33. The molecule has 0 amide bonds. The van der Waals surface area contributed by atoms with E-state index < -0.39 is 0 Å². The van der Waals surface area contributed by atoms with E-state index >= 15 is 0 Å². The second-order valence-electron chi connectivity index (χ2n) is 4.40. The number of para-hydroxylation sites is 2. The van der Waals surface area contributed by atoms with Crippen molar-refractivity contribution in [3.63, 3.8) is 0 Å². The third-order valence-corrected chi connectivity index (χ3v) is 4.17. The van der Waals surface area contributed by atoms with E-state index in [0.717, 1.165) is 28.2 Å². The molecule has 6 heteroatoms. The highest BCUT2D eigenvalue weighted by Crippen LogP contribution is 2.32. The number of benzene rings is 1. The van der Waals surface area contributed by atoms with Gasteiger partial charge in [-0.3, -0.25) is 0 Å². The van der Waals surface area contributed by atoms with Crippen molar-refractivity contribution in [2.75, 3.05) is 12.4 Å². The van der Waals surface area contributed by atoms with Crippen LogP contribution in [0.15, 0.2) is 29.4 Å². The van der Waals surface area contributed by atoms with Crippen LogP contribution in [0.5, 0.6) is 11.5 Å². The fourth-order valence-corrected chi connectivity index (χ4v) is 2.75. The maximum Gasteiger partial charge on any atom is 0.191 e. The quantitative estimate of drug-likeness (QED) is 0.804. The number of aryl methyl sites for hydroxylation is 1. The summed E-state index contributed by atoms with van der Waals surface area (Å²) in [6.07, 6.45) is 0.0388. The van der Waals surface area contributed by atoms with Gasteiger partial charge in [-0.2, -0.15) is 0 Å². The number of aromatic nitrogens is 3. The monoisotopic (exact) mass is 277 g/mol. The number of thioether (sulfide) groups is 1. The van der Waals surface area contributed by atoms with Crippen molar-refractivity contribution in [1.82, 2.24) is 14.8 Å². The molecule has 1 aromatic heterocycles. The molecular weight excluding hydrogens is 262 g/mol. The van der Waals surface area contributed by atoms with E-state index in [1.807, 2.05) is 42.8 Å². The molecule has 0 unspecified atom stereocenters. The molecule has 3 rings (SSSR count). The summed E-state index contributed by atoms with van der Waals surface area (Å²) in [5.74, 6) is 3.33. The molecule has 0 aliphatic carbocycles. The lowest BCUT2D eigenvalue weighted by atomic mass is 10.3. The maximum atomic E-state index is 5.90. The molecule has 1 aromatic carbocycles. The zero-order chi connectivity index (χ0) is 13.2. The molecule has 0 fully saturated rings. The zero-order valence-corrected chi connectivity index (χ0v) is 11.7. The largest absolute Gasteiger partial charge is 0.486 e. The number of hydrogen-bond acceptors (Lipinski definition) is 5. The van der Waals surface area contributed by atoms with E-state index in [2.05, 4.69) is 10.2 Å². The van der Waals surface area contributed by atoms with Crippen molar-refractivity contribution in [2.45, 2.75) is 18.2 Å². The van der Waals surface area contributed by atoms with Gasteiger partial charge in [-0.25, -0.2) is 0 Å². The summed E-state index contributed by atoms with van der Waals surface area (Å²) in [4.78, 5) is 0. The predicted octanol–water partition coefficient (Wildman–Crippen LogP) is 2.06. The second-order valence-corrected chi connectivity index (χ2v) is 5.38. The zero-order valence-electron chi connectivity index (χ0n) is 10.9. The Bertz CT molecular complexity index is 585. The molecule has 1 atom stereocenters. The first kappa shape index (κ1) is 12.3. The average Bonchev–Trinajstić information content (AvgIpc) is 2.76. The molecule has 0 bridgehead atoms. The number of nitrogens with zero attached hydrogens (tertiary/aromatic N) is 3. The summed E-state index contributed by atoms with van der Waals surface area (Å²) >= 11 is 1.63. The highest BCUT2D eigenvalue weighted by Gasteiger charge is 2.21. The summed E-state index contributed by atoms with van der Waals surface area (Å²) in [7, 11) is 1.96. The molecule has 19 heavy (non-hydrogen) atoms. The van der Waals surface area contributed by atoms with Gasteiger partial charge in [0.25, 0.3) is 0 Å². The van der Waals surface area contributed by atoms with E-state index in [1.54, 1.807) is 11.8 Å². The van der Waals surface area contributed by atoms with Gasteiger partial charge in [0.15, 0.2) is 16.7 Å². The lowest BCUT2D eigenvalue weighted by Gasteiger charge is -2.25. The van der Waals surface area contributed by atoms with Crippen LogP contribution in [0, 0.1) is 6.92 Å². The van der Waals surface area contributed by atoms with Gasteiger partial charge in [-0.1, -0.05) is 23.9 Å². The van der Waals surface area contributed by atoms with Crippen LogP contribution in [-0.2, 0) is 7.05 Å². The van der Waals surface area contributed by atoms with E-state index in [-0.39, 0.29) is 6.10 Å². The smallest absolute Gasteiger partial charge is 0.191 e. The number of ether oxygens (including phenoxy) is 2. The molecule has 2 heterocycles. The lowest BCUT2D eigenvalue weighted by Crippen LogP contribution is -2.31. The first-order chi connectivity index (χ1) is 9.24. The van der Waals surface area contributed by atoms with Crippen LogP contribution in [0.1, 0.15) is 5.82 Å². The molecule has 100 valence electrons. The molecule has 1 aliphatic heterocycles. The molecule has 5 nitrogen and oxygen atoms in total. The van der Waals surface area contributed by atoms with Crippen LogP contribution in [0.25, 0.3) is 0 Å². The van der Waals surface area contributed by atoms with Crippen molar-refractivity contribution in [1.29, 1.82) is 0 Å². The molecule has 2 aromatic rings. The first-order valence-corrected chi connectivity index (χ1v) is 7.10. The Morgan fingerprint density at radius 1 is 1.32 bits per heavy atom. The van der Waals surface area contributed by atoms with Gasteiger partial charge in [-0.15, -0.1) is 10.2 Å². The lowest BCUT2D eigenvalue weighted by molar-refractivity contribution is 0.107. The van der Waals surface area contributed by atoms with E-state index in [0.29, 0.717) is 6.61 Å². The van der Waals surface area contributed by atoms with Gasteiger partial charge in [0.05, 0.1) is 0 Å². The van der Waals surface area contributed by atoms with E-state index in [1.165, 1.54) is 0 Å². The van der Waals surface area contributed by atoms with Gasteiger partial charge in [0, 0.05) is 12.8 Å². The summed E-state index contributed by atoms with van der Waals surface area (Å²) < 4.78 is 13.6. The Balaban J connectivity index is 1.62. The van der Waals surface area contributed by atoms with Gasteiger partial charge in [0.2, 0.25) is 0 Å². The van der Waals surface area contributed by atoms with E-state index in [9.17, 15) is 0 Å². The molecular formula is C13H15N3O2S. The SMILES string of the molecule is Cc1nnc(SC[C@H]2COc3ccccc3O2)n1C. The molecule has 0 spiro atoms. The highest BCUT2D eigenvalue weighted by molar-refractivity contribution is 7.99. The van der Waals surface area contributed by atoms with Crippen LogP contribution in [0.3, 0.4) is 0 Å². The number of fused-ring (bicyclic) bond motifs is 1. The highest BCUT2D eigenvalue weighted by atomic mass is 32.2. The number of rotatable bonds is 3. The van der Waals surface area contributed by atoms with Gasteiger partial charge >= 0.3 is 0 Å². The Morgan fingerprint density at radius 2 is 2.11 bits per heavy atom. The predicted molar refractivity (Wildman–Crippen MR) is 72.8 cm³/mol. The van der Waals surface area contributed by atoms with Crippen LogP contribution in [0.2, 0.25) is 0 Å². The van der Waals surface area contributed by atoms with Crippen LogP contribution >= 0.6 is 11.8 Å². The Morgan fingerprint density at radius 3 is 2.84 bits per heavy atom. The van der Waals surface area contributed by atoms with Crippen molar-refractivity contribution >= 4 is 11.8 Å². The van der Waals surface area contributed by atoms with Crippen LogP contribution in [-0.4, -0.2) is 33.2 Å². The Hall–Kier alpha value is -1.69. The second kappa shape index (κ2) is 5.13. The van der Waals surface area contributed by atoms with Crippen LogP contribution in [0.4, 0.5) is 0 Å². The summed E-state index contributed by atoms with van der Waals surface area (Å²) in [5, 5.41) is 9.06. The molecule has 1 aliphatic rings. The van der Waals surface area contributed by atoms with Gasteiger partial charge < -0.3 is 14.0 Å². The first-order valence-electron chi connectivity index (χ1n) is 6.11. The minimum Gasteiger partial charge on any atom is -0.486 e. The molecule has 0 saturated heterocycles. The van der Waals surface area contributed by atoms with Gasteiger partial charge in [0.1, 0.15) is 18.5 Å². The van der Waals surface area contributed by atoms with Crippen molar-refractivity contribution in [3.8, 4) is 11.5 Å². The standard InChI is InChI=1S/C13H15N3O2S/c1-9-14-15-13(16(9)2)19-8-10-7-17-11-5-3-4-6-12(11)18-10/h3-6,10H,7-8H2,1-2H3/t10-/m1/s1. The average molecular weight is 277 g/mol. The van der Waals surface area contributed by atoms with E-state index in [4.69, 9.17) is 9.47 Å². The molecule has 0 saturated carbocycles. The van der Waals surface area contributed by atoms with Crippen molar-refractivity contribution in [2.24, 2.45) is 7.05 Å². The topological polar surface area (TPSA) is 49.2 Å². The minimum atomic E-state index is 0.0388. The fraction of sp³-hybridized carbons (Fsp3) is 0.385. The minimum absolute atomic E-state index is 0.0388. The van der Waals surface area contributed by atoms with Crippen molar-refractivity contribution < 1.29 is 9.47 Å². The third kappa shape index (κ3) is 2.53. The van der Waals surface area contributed by atoms with Crippen LogP contribution < -0.4 is 9.47 Å². The summed E-state index contributed by atoms with van der Waals surface area (Å²) in [6, 6.07) is 7.74. The normalized spacial score (nSPS) is 17.5. The molecule has 0 radical (unpaired) electrons. The maximum absolute atomic E-state index is 5.90. The summed E-state index contributed by atoms with van der Waals surface area (Å²) in [5.41, 5.74) is 0.